The summed E-state index contributed by atoms with van der Waals surface area (Å²) in [4.78, 5) is 40.5. The Balaban J connectivity index is 2.00. The molecule has 6 nitrogen and oxygen atoms in total. The molecule has 1 aliphatic heterocycles. The quantitative estimate of drug-likeness (QED) is 0.802. The molecule has 0 fully saturated rings. The van der Waals surface area contributed by atoms with Crippen LogP contribution in [-0.2, 0) is 14.3 Å². The molecule has 0 aliphatic carbocycles. The summed E-state index contributed by atoms with van der Waals surface area (Å²) in [6.07, 6.45) is 0. The first-order valence-electron chi connectivity index (χ1n) is 8.82. The number of esters is 1. The van der Waals surface area contributed by atoms with Gasteiger partial charge in [-0.3, -0.25) is 9.59 Å². The molecule has 2 amide bonds. The average molecular weight is 386 g/mol. The maximum absolute atomic E-state index is 13.2. The Morgan fingerprint density at radius 1 is 1.26 bits per heavy atom. The number of hydrogen-bond acceptors (Lipinski definition) is 5. The number of ether oxygens (including phenoxy) is 1. The molecule has 0 saturated heterocycles. The second kappa shape index (κ2) is 7.92. The Bertz CT molecular complexity index is 849. The number of amides is 2. The molecule has 1 N–H and O–H groups in total. The molecule has 2 heterocycles. The molecule has 3 atom stereocenters. The minimum absolute atomic E-state index is 0.119. The monoisotopic (exact) mass is 386 g/mol. The molecule has 1 aliphatic rings. The number of benzene rings is 1. The van der Waals surface area contributed by atoms with Gasteiger partial charge in [-0.25, -0.2) is 4.79 Å². The van der Waals surface area contributed by atoms with Crippen LogP contribution in [0.5, 0.6) is 0 Å². The van der Waals surface area contributed by atoms with Gasteiger partial charge in [-0.15, -0.1) is 11.3 Å². The highest BCUT2D eigenvalue weighted by atomic mass is 32.1. The number of fused-ring (bicyclic) bond motifs is 1. The summed E-state index contributed by atoms with van der Waals surface area (Å²) in [7, 11) is 1.71. The van der Waals surface area contributed by atoms with E-state index in [0.29, 0.717) is 11.1 Å². The highest BCUT2D eigenvalue weighted by Crippen LogP contribution is 2.43. The zero-order chi connectivity index (χ0) is 19.6. The molecule has 2 aromatic rings. The number of thiophene rings is 1. The van der Waals surface area contributed by atoms with Crippen LogP contribution >= 0.6 is 11.3 Å². The SMILES string of the molecule is CCOC(=O)[C@H](C)NC(=O)[C@@H]1c2ccccc2C(=O)N(C)[C@H]1c1cccs1. The highest BCUT2D eigenvalue weighted by Gasteiger charge is 2.43. The van der Waals surface area contributed by atoms with Gasteiger partial charge in [-0.1, -0.05) is 24.3 Å². The molecule has 1 aromatic heterocycles. The third-order valence-electron chi connectivity index (χ3n) is 4.70. The summed E-state index contributed by atoms with van der Waals surface area (Å²) in [5.41, 5.74) is 1.18. The molecular weight excluding hydrogens is 364 g/mol. The summed E-state index contributed by atoms with van der Waals surface area (Å²) >= 11 is 1.50. The highest BCUT2D eigenvalue weighted by molar-refractivity contribution is 7.10. The van der Waals surface area contributed by atoms with Crippen LogP contribution in [-0.4, -0.2) is 42.4 Å². The van der Waals surface area contributed by atoms with Crippen LogP contribution in [0.2, 0.25) is 0 Å². The van der Waals surface area contributed by atoms with Crippen molar-refractivity contribution in [3.8, 4) is 0 Å². The van der Waals surface area contributed by atoms with Crippen molar-refractivity contribution in [2.24, 2.45) is 0 Å². The van der Waals surface area contributed by atoms with Crippen molar-refractivity contribution in [1.82, 2.24) is 10.2 Å². The van der Waals surface area contributed by atoms with Crippen LogP contribution in [0.15, 0.2) is 41.8 Å². The van der Waals surface area contributed by atoms with E-state index in [9.17, 15) is 14.4 Å². The standard InChI is InChI=1S/C20H22N2O4S/c1-4-26-20(25)12(2)21-18(23)16-13-8-5-6-9-14(13)19(24)22(3)17(16)15-10-7-11-27-15/h5-12,16-17H,4H2,1-3H3,(H,21,23)/t12-,16+,17-/m0/s1. The van der Waals surface area contributed by atoms with Crippen LogP contribution in [0.3, 0.4) is 0 Å². The molecule has 142 valence electrons. The van der Waals surface area contributed by atoms with E-state index in [1.807, 2.05) is 23.6 Å². The number of nitrogens with one attached hydrogen (secondary N) is 1. The predicted molar refractivity (Wildman–Crippen MR) is 103 cm³/mol. The van der Waals surface area contributed by atoms with E-state index in [1.54, 1.807) is 44.0 Å². The lowest BCUT2D eigenvalue weighted by Crippen LogP contribution is -2.48. The van der Waals surface area contributed by atoms with E-state index in [4.69, 9.17) is 4.74 Å². The molecule has 0 saturated carbocycles. The van der Waals surface area contributed by atoms with Gasteiger partial charge in [0, 0.05) is 17.5 Å². The third kappa shape index (κ3) is 3.60. The number of rotatable bonds is 5. The Hall–Kier alpha value is -2.67. The van der Waals surface area contributed by atoms with Crippen LogP contribution in [0, 0.1) is 0 Å². The molecule has 0 bridgehead atoms. The van der Waals surface area contributed by atoms with Crippen LogP contribution < -0.4 is 5.32 Å². The lowest BCUT2D eigenvalue weighted by atomic mass is 9.81. The van der Waals surface area contributed by atoms with Crippen molar-refractivity contribution in [3.63, 3.8) is 0 Å². The molecule has 27 heavy (non-hydrogen) atoms. The van der Waals surface area contributed by atoms with E-state index < -0.39 is 24.0 Å². The van der Waals surface area contributed by atoms with Gasteiger partial charge in [0.2, 0.25) is 5.91 Å². The molecule has 0 radical (unpaired) electrons. The van der Waals surface area contributed by atoms with Crippen molar-refractivity contribution in [2.45, 2.75) is 31.8 Å². The van der Waals surface area contributed by atoms with E-state index >= 15 is 0 Å². The van der Waals surface area contributed by atoms with Gasteiger partial charge in [-0.2, -0.15) is 0 Å². The van der Waals surface area contributed by atoms with Gasteiger partial charge < -0.3 is 15.0 Å². The zero-order valence-electron chi connectivity index (χ0n) is 15.5. The first-order chi connectivity index (χ1) is 13.0. The smallest absolute Gasteiger partial charge is 0.328 e. The number of hydrogen-bond donors (Lipinski definition) is 1. The minimum atomic E-state index is -0.767. The Labute approximate surface area is 162 Å². The zero-order valence-corrected chi connectivity index (χ0v) is 16.3. The largest absolute Gasteiger partial charge is 0.464 e. The Kier molecular flexibility index (Phi) is 5.60. The van der Waals surface area contributed by atoms with E-state index in [0.717, 1.165) is 4.88 Å². The summed E-state index contributed by atoms with van der Waals surface area (Å²) in [6, 6.07) is 9.76. The molecular formula is C20H22N2O4S. The van der Waals surface area contributed by atoms with Crippen molar-refractivity contribution < 1.29 is 19.1 Å². The second-order valence-corrected chi connectivity index (χ2v) is 7.40. The maximum Gasteiger partial charge on any atom is 0.328 e. The lowest BCUT2D eigenvalue weighted by Gasteiger charge is -2.39. The maximum atomic E-state index is 13.2. The Morgan fingerprint density at radius 2 is 2.00 bits per heavy atom. The van der Waals surface area contributed by atoms with Crippen molar-refractivity contribution in [1.29, 1.82) is 0 Å². The van der Waals surface area contributed by atoms with E-state index in [-0.39, 0.29) is 18.4 Å². The molecule has 7 heteroatoms. The fourth-order valence-corrected chi connectivity index (χ4v) is 4.31. The van der Waals surface area contributed by atoms with Crippen molar-refractivity contribution >= 4 is 29.1 Å². The summed E-state index contributed by atoms with van der Waals surface area (Å²) in [5, 5.41) is 4.68. The molecule has 3 rings (SSSR count). The van der Waals surface area contributed by atoms with Crippen LogP contribution in [0.4, 0.5) is 0 Å². The normalized spacial score (nSPS) is 20.0. The van der Waals surface area contributed by atoms with E-state index in [2.05, 4.69) is 5.32 Å². The van der Waals surface area contributed by atoms with Crippen molar-refractivity contribution in [2.75, 3.05) is 13.7 Å². The van der Waals surface area contributed by atoms with Gasteiger partial charge in [0.1, 0.15) is 6.04 Å². The fourth-order valence-electron chi connectivity index (χ4n) is 3.40. The number of carbonyl (C=O) groups is 3. The predicted octanol–water partition coefficient (Wildman–Crippen LogP) is 2.73. The summed E-state index contributed by atoms with van der Waals surface area (Å²) < 4.78 is 4.98. The lowest BCUT2D eigenvalue weighted by molar-refractivity contribution is -0.147. The summed E-state index contributed by atoms with van der Waals surface area (Å²) in [6.45, 7) is 3.57. The first kappa shape index (κ1) is 19.1. The topological polar surface area (TPSA) is 75.7 Å². The van der Waals surface area contributed by atoms with E-state index in [1.165, 1.54) is 11.3 Å². The number of nitrogens with zero attached hydrogens (tertiary/aromatic N) is 1. The van der Waals surface area contributed by atoms with Crippen LogP contribution in [0.1, 0.15) is 46.6 Å². The van der Waals surface area contributed by atoms with Crippen molar-refractivity contribution in [3.05, 3.63) is 57.8 Å². The molecule has 1 aromatic carbocycles. The van der Waals surface area contributed by atoms with Crippen LogP contribution in [0.25, 0.3) is 0 Å². The summed E-state index contributed by atoms with van der Waals surface area (Å²) in [5.74, 6) is -1.52. The Morgan fingerprint density at radius 3 is 2.67 bits per heavy atom. The number of likely N-dealkylation sites (N-methyl/N-ethyl adjacent to an activating group) is 1. The minimum Gasteiger partial charge on any atom is -0.464 e. The van der Waals surface area contributed by atoms with Gasteiger partial charge in [-0.05, 0) is 36.9 Å². The third-order valence-corrected chi connectivity index (χ3v) is 5.64. The molecule has 0 spiro atoms. The van der Waals surface area contributed by atoms with Gasteiger partial charge in [0.05, 0.1) is 18.6 Å². The van der Waals surface area contributed by atoms with Gasteiger partial charge >= 0.3 is 5.97 Å². The number of carbonyl (C=O) groups excluding carboxylic acids is 3. The second-order valence-electron chi connectivity index (χ2n) is 6.42. The van der Waals surface area contributed by atoms with Gasteiger partial charge in [0.25, 0.3) is 5.91 Å². The fraction of sp³-hybridized carbons (Fsp3) is 0.350. The molecule has 0 unspecified atom stereocenters. The first-order valence-corrected chi connectivity index (χ1v) is 9.70. The average Bonchev–Trinajstić information content (AvgIpc) is 3.18. The van der Waals surface area contributed by atoms with Gasteiger partial charge in [0.15, 0.2) is 0 Å².